The molecule has 0 fully saturated rings. The number of hydrogen-bond acceptors (Lipinski definition) is 6. The van der Waals surface area contributed by atoms with Crippen molar-refractivity contribution in [1.29, 1.82) is 0 Å². The number of benzene rings is 1. The van der Waals surface area contributed by atoms with Crippen LogP contribution in [-0.2, 0) is 18.3 Å². The molecule has 5 heterocycles. The molecule has 0 spiro atoms. The fraction of sp³-hybridized carbons (Fsp3) is 0.0714. The second kappa shape index (κ2) is 9.46. The molecule has 0 aliphatic rings. The second-order valence-electron chi connectivity index (χ2n) is 8.64. The van der Waals surface area contributed by atoms with E-state index in [-0.39, 0.29) is 12.3 Å². The van der Waals surface area contributed by atoms with Crippen molar-refractivity contribution in [2.45, 2.75) is 6.42 Å². The fourth-order valence-electron chi connectivity index (χ4n) is 4.32. The van der Waals surface area contributed by atoms with E-state index in [9.17, 15) is 4.79 Å². The number of aryl methyl sites for hydroxylation is 1. The molecule has 180 valence electrons. The van der Waals surface area contributed by atoms with E-state index in [0.717, 1.165) is 50.3 Å². The molecule has 1 aromatic carbocycles. The molecule has 0 aliphatic heterocycles. The number of nitrogens with zero attached hydrogens (tertiary/aromatic N) is 7. The average molecular weight is 487 g/mol. The number of fused-ring (bicyclic) bond motifs is 1. The number of nitrogens with one attached hydrogen (secondary N) is 1. The van der Waals surface area contributed by atoms with Crippen molar-refractivity contribution < 1.29 is 4.79 Å². The van der Waals surface area contributed by atoms with Gasteiger partial charge in [-0.1, -0.05) is 24.3 Å². The van der Waals surface area contributed by atoms with Crippen LogP contribution in [0.3, 0.4) is 0 Å². The van der Waals surface area contributed by atoms with E-state index in [4.69, 9.17) is 0 Å². The first-order valence-corrected chi connectivity index (χ1v) is 11.7. The minimum absolute atomic E-state index is 0.0807. The molecule has 0 radical (unpaired) electrons. The third-order valence-corrected chi connectivity index (χ3v) is 6.08. The topological polar surface area (TPSA) is 103 Å². The second-order valence-corrected chi connectivity index (χ2v) is 8.64. The van der Waals surface area contributed by atoms with Gasteiger partial charge in [0, 0.05) is 72.2 Å². The number of aromatic nitrogens is 7. The Morgan fingerprint density at radius 1 is 0.811 bits per heavy atom. The lowest BCUT2D eigenvalue weighted by Crippen LogP contribution is -2.14. The van der Waals surface area contributed by atoms with E-state index >= 15 is 0 Å². The van der Waals surface area contributed by atoms with Crippen LogP contribution in [0.1, 0.15) is 5.56 Å². The summed E-state index contributed by atoms with van der Waals surface area (Å²) in [6.07, 6.45) is 16.3. The Bertz CT molecular complexity index is 1690. The number of rotatable bonds is 6. The molecule has 0 saturated carbocycles. The molecule has 0 saturated heterocycles. The van der Waals surface area contributed by atoms with Crippen LogP contribution in [0.5, 0.6) is 0 Å². The summed E-state index contributed by atoms with van der Waals surface area (Å²) >= 11 is 0. The van der Waals surface area contributed by atoms with E-state index in [1.165, 1.54) is 0 Å². The zero-order valence-corrected chi connectivity index (χ0v) is 20.0. The van der Waals surface area contributed by atoms with Gasteiger partial charge in [-0.15, -0.1) is 0 Å². The fourth-order valence-corrected chi connectivity index (χ4v) is 4.32. The summed E-state index contributed by atoms with van der Waals surface area (Å²) in [5.41, 5.74) is 8.17. The molecule has 0 aliphatic carbocycles. The molecule has 9 heteroatoms. The Kier molecular flexibility index (Phi) is 5.70. The maximum absolute atomic E-state index is 12.5. The normalized spacial score (nSPS) is 11.1. The Morgan fingerprint density at radius 2 is 1.65 bits per heavy atom. The van der Waals surface area contributed by atoms with Gasteiger partial charge in [-0.05, 0) is 29.3 Å². The predicted molar refractivity (Wildman–Crippen MR) is 140 cm³/mol. The van der Waals surface area contributed by atoms with Crippen molar-refractivity contribution in [3.63, 3.8) is 0 Å². The maximum atomic E-state index is 12.5. The number of hydrogen-bond donors (Lipinski definition) is 1. The van der Waals surface area contributed by atoms with E-state index in [1.54, 1.807) is 47.8 Å². The first-order chi connectivity index (χ1) is 18.1. The Hall–Kier alpha value is -5.18. The van der Waals surface area contributed by atoms with Crippen molar-refractivity contribution in [1.82, 2.24) is 34.3 Å². The molecule has 0 bridgehead atoms. The van der Waals surface area contributed by atoms with Crippen LogP contribution in [0.4, 0.5) is 5.69 Å². The van der Waals surface area contributed by atoms with Crippen LogP contribution in [0.15, 0.2) is 98.2 Å². The minimum Gasteiger partial charge on any atom is -0.326 e. The Balaban J connectivity index is 1.35. The van der Waals surface area contributed by atoms with Crippen molar-refractivity contribution >= 4 is 17.1 Å². The molecule has 1 amide bonds. The van der Waals surface area contributed by atoms with Crippen LogP contribution >= 0.6 is 0 Å². The van der Waals surface area contributed by atoms with Gasteiger partial charge < -0.3 is 5.32 Å². The first kappa shape index (κ1) is 22.3. The zero-order chi connectivity index (χ0) is 25.2. The van der Waals surface area contributed by atoms with Gasteiger partial charge in [0.15, 0.2) is 0 Å². The molecule has 0 unspecified atom stereocenters. The van der Waals surface area contributed by atoms with Gasteiger partial charge in [0.25, 0.3) is 0 Å². The standard InChI is InChI=1S/C28H22N8O/c1-35-17-22(14-32-35)21-13-24(26-16-30-10-11-31-26)28-25(15-33-36(28)18-21)20-4-2-19(3-5-20)12-27(37)34-23-6-8-29-9-7-23/h2-11,13-18H,12H2,1H3,(H,29,34,37). The van der Waals surface area contributed by atoms with Gasteiger partial charge in [0.05, 0.1) is 36.2 Å². The highest BCUT2D eigenvalue weighted by molar-refractivity contribution is 5.94. The highest BCUT2D eigenvalue weighted by Crippen LogP contribution is 2.35. The number of amides is 1. The van der Waals surface area contributed by atoms with Crippen molar-refractivity contribution in [3.8, 4) is 33.5 Å². The Labute approximate surface area is 212 Å². The lowest BCUT2D eigenvalue weighted by molar-refractivity contribution is -0.115. The summed E-state index contributed by atoms with van der Waals surface area (Å²) in [5.74, 6) is -0.0807. The van der Waals surface area contributed by atoms with E-state index < -0.39 is 0 Å². The molecular weight excluding hydrogens is 464 g/mol. The summed E-state index contributed by atoms with van der Waals surface area (Å²) in [5, 5.41) is 11.9. The first-order valence-electron chi connectivity index (χ1n) is 11.7. The highest BCUT2D eigenvalue weighted by atomic mass is 16.1. The van der Waals surface area contributed by atoms with Gasteiger partial charge in [-0.2, -0.15) is 10.2 Å². The number of anilines is 1. The molecule has 6 rings (SSSR count). The molecule has 37 heavy (non-hydrogen) atoms. The summed E-state index contributed by atoms with van der Waals surface area (Å²) in [4.78, 5) is 25.3. The number of carbonyl (C=O) groups excluding carboxylic acids is 1. The minimum atomic E-state index is -0.0807. The largest absolute Gasteiger partial charge is 0.326 e. The number of pyridine rings is 2. The maximum Gasteiger partial charge on any atom is 0.228 e. The SMILES string of the molecule is Cn1cc(-c2cc(-c3cnccn3)c3c(-c4ccc(CC(=O)Nc5ccncc5)cc4)cnn3c2)cn1. The Morgan fingerprint density at radius 3 is 2.38 bits per heavy atom. The van der Waals surface area contributed by atoms with Gasteiger partial charge in [-0.25, -0.2) is 4.52 Å². The quantitative estimate of drug-likeness (QED) is 0.374. The van der Waals surface area contributed by atoms with Crippen LogP contribution in [0, 0.1) is 0 Å². The van der Waals surface area contributed by atoms with Crippen LogP contribution in [-0.4, -0.2) is 40.3 Å². The van der Waals surface area contributed by atoms with Crippen LogP contribution in [0.2, 0.25) is 0 Å². The summed E-state index contributed by atoms with van der Waals surface area (Å²) < 4.78 is 3.65. The number of carbonyl (C=O) groups is 1. The van der Waals surface area contributed by atoms with Crippen molar-refractivity contribution in [3.05, 3.63) is 104 Å². The third-order valence-electron chi connectivity index (χ3n) is 6.08. The van der Waals surface area contributed by atoms with Crippen molar-refractivity contribution in [2.24, 2.45) is 7.05 Å². The van der Waals surface area contributed by atoms with Gasteiger partial charge in [0.1, 0.15) is 0 Å². The van der Waals surface area contributed by atoms with Crippen LogP contribution < -0.4 is 5.32 Å². The highest BCUT2D eigenvalue weighted by Gasteiger charge is 2.17. The predicted octanol–water partition coefficient (Wildman–Crippen LogP) is 4.44. The summed E-state index contributed by atoms with van der Waals surface area (Å²) in [6.45, 7) is 0. The smallest absolute Gasteiger partial charge is 0.228 e. The summed E-state index contributed by atoms with van der Waals surface area (Å²) in [7, 11) is 1.89. The van der Waals surface area contributed by atoms with E-state index in [2.05, 4.69) is 36.5 Å². The molecule has 0 atom stereocenters. The van der Waals surface area contributed by atoms with Gasteiger partial charge in [-0.3, -0.25) is 24.4 Å². The van der Waals surface area contributed by atoms with Crippen LogP contribution in [0.25, 0.3) is 39.0 Å². The molecular formula is C28H22N8O. The molecule has 9 nitrogen and oxygen atoms in total. The van der Waals surface area contributed by atoms with E-state index in [1.807, 2.05) is 60.6 Å². The molecule has 1 N–H and O–H groups in total. The summed E-state index contributed by atoms with van der Waals surface area (Å²) in [6, 6.07) is 13.6. The average Bonchev–Trinajstić information content (AvgIpc) is 3.56. The van der Waals surface area contributed by atoms with Gasteiger partial charge in [0.2, 0.25) is 5.91 Å². The zero-order valence-electron chi connectivity index (χ0n) is 20.0. The van der Waals surface area contributed by atoms with E-state index in [0.29, 0.717) is 0 Å². The van der Waals surface area contributed by atoms with Gasteiger partial charge >= 0.3 is 0 Å². The monoisotopic (exact) mass is 486 g/mol. The lowest BCUT2D eigenvalue weighted by Gasteiger charge is -2.10. The molecule has 6 aromatic rings. The third kappa shape index (κ3) is 4.57. The van der Waals surface area contributed by atoms with Crippen molar-refractivity contribution in [2.75, 3.05) is 5.32 Å². The lowest BCUT2D eigenvalue weighted by atomic mass is 9.99. The molecule has 5 aromatic heterocycles.